The molecule has 33 heavy (non-hydrogen) atoms. The van der Waals surface area contributed by atoms with Gasteiger partial charge in [-0.05, 0) is 36.1 Å². The van der Waals surface area contributed by atoms with Gasteiger partial charge in [-0.25, -0.2) is 4.98 Å². The number of aromatic nitrogens is 2. The van der Waals surface area contributed by atoms with E-state index in [1.54, 1.807) is 18.4 Å². The Morgan fingerprint density at radius 3 is 2.55 bits per heavy atom. The fourth-order valence-electron chi connectivity index (χ4n) is 3.81. The lowest BCUT2D eigenvalue weighted by Crippen LogP contribution is -2.28. The Labute approximate surface area is 203 Å². The molecule has 0 aliphatic heterocycles. The van der Waals surface area contributed by atoms with E-state index < -0.39 is 0 Å². The van der Waals surface area contributed by atoms with Gasteiger partial charge < -0.3 is 5.32 Å². The normalized spacial score (nSPS) is 11.0. The standard InChI is InChI=1S/C25H22BrN3O3S/c1-3-20(30)22-21(15-8-6-5-7-9-15)19-12-16(26)10-11-18(19)25(32)29(22)13-17-14-33-24(28-17)23(31)27-4-2/h5-12,14H,3-4,13H2,1-2H3,(H,27,31). The van der Waals surface area contributed by atoms with Crippen LogP contribution in [0.2, 0.25) is 0 Å². The summed E-state index contributed by atoms with van der Waals surface area (Å²) in [5.74, 6) is -0.383. The molecule has 4 aromatic rings. The molecule has 0 atom stereocenters. The Morgan fingerprint density at radius 1 is 1.09 bits per heavy atom. The van der Waals surface area contributed by atoms with Gasteiger partial charge in [0.2, 0.25) is 0 Å². The molecule has 1 amide bonds. The topological polar surface area (TPSA) is 81.1 Å². The minimum Gasteiger partial charge on any atom is -0.350 e. The minimum atomic E-state index is -0.262. The number of carbonyl (C=O) groups is 2. The lowest BCUT2D eigenvalue weighted by molar-refractivity contribution is 0.0952. The highest BCUT2D eigenvalue weighted by atomic mass is 79.9. The van der Waals surface area contributed by atoms with E-state index in [-0.39, 0.29) is 30.2 Å². The van der Waals surface area contributed by atoms with Gasteiger partial charge in [0.15, 0.2) is 10.8 Å². The number of Topliss-reactive ketones (excluding diaryl/α,β-unsaturated/α-hetero) is 1. The molecule has 8 heteroatoms. The zero-order valence-electron chi connectivity index (χ0n) is 18.2. The summed E-state index contributed by atoms with van der Waals surface area (Å²) in [5.41, 5.74) is 2.22. The molecule has 1 N–H and O–H groups in total. The van der Waals surface area contributed by atoms with Crippen molar-refractivity contribution < 1.29 is 9.59 Å². The highest BCUT2D eigenvalue weighted by Gasteiger charge is 2.23. The lowest BCUT2D eigenvalue weighted by Gasteiger charge is -2.19. The van der Waals surface area contributed by atoms with E-state index in [4.69, 9.17) is 0 Å². The predicted octanol–water partition coefficient (Wildman–Crippen LogP) is 5.28. The number of hydrogen-bond donors (Lipinski definition) is 1. The summed E-state index contributed by atoms with van der Waals surface area (Å²) in [6.45, 7) is 4.23. The second-order valence-electron chi connectivity index (χ2n) is 7.45. The van der Waals surface area contributed by atoms with Crippen molar-refractivity contribution in [1.29, 1.82) is 0 Å². The molecule has 0 saturated heterocycles. The number of amides is 1. The Bertz CT molecular complexity index is 1410. The highest BCUT2D eigenvalue weighted by molar-refractivity contribution is 9.10. The number of nitrogens with one attached hydrogen (secondary N) is 1. The molecule has 0 spiro atoms. The van der Waals surface area contributed by atoms with E-state index >= 15 is 0 Å². The van der Waals surface area contributed by atoms with Crippen molar-refractivity contribution in [3.8, 4) is 11.1 Å². The number of ketones is 1. The van der Waals surface area contributed by atoms with E-state index in [9.17, 15) is 14.4 Å². The highest BCUT2D eigenvalue weighted by Crippen LogP contribution is 2.33. The molecule has 0 unspecified atom stereocenters. The summed E-state index contributed by atoms with van der Waals surface area (Å²) in [6, 6.07) is 15.1. The molecule has 2 aromatic carbocycles. The average Bonchev–Trinajstić information content (AvgIpc) is 3.29. The zero-order chi connectivity index (χ0) is 23.5. The van der Waals surface area contributed by atoms with Crippen molar-refractivity contribution in [2.75, 3.05) is 6.54 Å². The maximum atomic E-state index is 13.6. The van der Waals surface area contributed by atoms with E-state index in [2.05, 4.69) is 26.2 Å². The number of thiazole rings is 1. The Morgan fingerprint density at radius 2 is 1.85 bits per heavy atom. The van der Waals surface area contributed by atoms with E-state index in [0.717, 1.165) is 21.0 Å². The van der Waals surface area contributed by atoms with Crippen LogP contribution in [0.15, 0.2) is 63.2 Å². The van der Waals surface area contributed by atoms with Crippen molar-refractivity contribution in [1.82, 2.24) is 14.9 Å². The number of nitrogens with zero attached hydrogens (tertiary/aromatic N) is 2. The van der Waals surface area contributed by atoms with Crippen molar-refractivity contribution in [3.05, 3.63) is 85.1 Å². The molecular formula is C25H22BrN3O3S. The number of fused-ring (bicyclic) bond motifs is 1. The molecule has 6 nitrogen and oxygen atoms in total. The molecule has 2 aromatic heterocycles. The first-order chi connectivity index (χ1) is 15.9. The smallest absolute Gasteiger partial charge is 0.280 e. The van der Waals surface area contributed by atoms with Crippen LogP contribution < -0.4 is 10.9 Å². The number of carbonyl (C=O) groups excluding carboxylic acids is 2. The summed E-state index contributed by atoms with van der Waals surface area (Å²) < 4.78 is 2.33. The largest absolute Gasteiger partial charge is 0.350 e. The van der Waals surface area contributed by atoms with Crippen LogP contribution in [0, 0.1) is 0 Å². The fourth-order valence-corrected chi connectivity index (χ4v) is 4.89. The first kappa shape index (κ1) is 23.1. The van der Waals surface area contributed by atoms with Crippen molar-refractivity contribution >= 4 is 49.7 Å². The minimum absolute atomic E-state index is 0.0989. The second kappa shape index (κ2) is 9.80. The van der Waals surface area contributed by atoms with E-state index in [1.807, 2.05) is 49.4 Å². The maximum absolute atomic E-state index is 13.6. The molecule has 0 fully saturated rings. The van der Waals surface area contributed by atoms with Crippen LogP contribution >= 0.6 is 27.3 Å². The lowest BCUT2D eigenvalue weighted by atomic mass is 9.94. The van der Waals surface area contributed by atoms with Crippen molar-refractivity contribution in [2.24, 2.45) is 0 Å². The van der Waals surface area contributed by atoms with Gasteiger partial charge >= 0.3 is 0 Å². The van der Waals surface area contributed by atoms with Gasteiger partial charge in [-0.1, -0.05) is 53.2 Å². The van der Waals surface area contributed by atoms with Gasteiger partial charge in [-0.3, -0.25) is 19.0 Å². The van der Waals surface area contributed by atoms with Crippen LogP contribution in [0.25, 0.3) is 21.9 Å². The van der Waals surface area contributed by atoms with Gasteiger partial charge in [0.1, 0.15) is 0 Å². The van der Waals surface area contributed by atoms with Crippen LogP contribution in [0.3, 0.4) is 0 Å². The van der Waals surface area contributed by atoms with Crippen LogP contribution in [0.1, 0.15) is 46.3 Å². The SMILES string of the molecule is CCNC(=O)c1nc(Cn2c(C(=O)CC)c(-c3ccccc3)c3cc(Br)ccc3c2=O)cs1. The van der Waals surface area contributed by atoms with Gasteiger partial charge in [-0.2, -0.15) is 0 Å². The Balaban J connectivity index is 1.99. The van der Waals surface area contributed by atoms with Gasteiger partial charge in [0.25, 0.3) is 11.5 Å². The quantitative estimate of drug-likeness (QED) is 0.334. The van der Waals surface area contributed by atoms with Gasteiger partial charge in [0.05, 0.1) is 17.9 Å². The van der Waals surface area contributed by atoms with Crippen molar-refractivity contribution in [3.63, 3.8) is 0 Å². The third kappa shape index (κ3) is 4.54. The summed E-state index contributed by atoms with van der Waals surface area (Å²) in [6.07, 6.45) is 0.250. The average molecular weight is 524 g/mol. The predicted molar refractivity (Wildman–Crippen MR) is 135 cm³/mol. The van der Waals surface area contributed by atoms with Crippen molar-refractivity contribution in [2.45, 2.75) is 26.8 Å². The summed E-state index contributed by atoms with van der Waals surface area (Å²) in [5, 5.41) is 6.05. The number of pyridine rings is 1. The number of rotatable bonds is 7. The molecule has 0 aliphatic carbocycles. The molecule has 0 bridgehead atoms. The molecule has 0 aliphatic rings. The van der Waals surface area contributed by atoms with Crippen LogP contribution in [-0.2, 0) is 6.54 Å². The summed E-state index contributed by atoms with van der Waals surface area (Å²) in [7, 11) is 0. The van der Waals surface area contributed by atoms with Crippen LogP contribution in [-0.4, -0.2) is 27.8 Å². The third-order valence-corrected chi connectivity index (χ3v) is 6.67. The molecule has 0 saturated carbocycles. The number of halogens is 1. The van der Waals surface area contributed by atoms with Gasteiger partial charge in [-0.15, -0.1) is 11.3 Å². The summed E-state index contributed by atoms with van der Waals surface area (Å²) >= 11 is 4.72. The Kier molecular flexibility index (Phi) is 6.85. The fraction of sp³-hybridized carbons (Fsp3) is 0.200. The molecule has 2 heterocycles. The summed E-state index contributed by atoms with van der Waals surface area (Å²) in [4.78, 5) is 43.4. The maximum Gasteiger partial charge on any atom is 0.280 e. The first-order valence-electron chi connectivity index (χ1n) is 10.6. The molecular weight excluding hydrogens is 502 g/mol. The van der Waals surface area contributed by atoms with E-state index in [1.165, 1.54) is 15.9 Å². The monoisotopic (exact) mass is 523 g/mol. The molecule has 168 valence electrons. The van der Waals surface area contributed by atoms with Gasteiger partial charge in [0, 0.05) is 33.8 Å². The second-order valence-corrected chi connectivity index (χ2v) is 9.22. The Hall–Kier alpha value is -3.10. The van der Waals surface area contributed by atoms with Crippen LogP contribution in [0.4, 0.5) is 0 Å². The first-order valence-corrected chi connectivity index (χ1v) is 12.3. The number of benzene rings is 2. The van der Waals surface area contributed by atoms with E-state index in [0.29, 0.717) is 28.3 Å². The zero-order valence-corrected chi connectivity index (χ0v) is 20.6. The van der Waals surface area contributed by atoms with Crippen LogP contribution in [0.5, 0.6) is 0 Å². The molecule has 4 rings (SSSR count). The number of hydrogen-bond acceptors (Lipinski definition) is 5. The molecule has 0 radical (unpaired) electrons. The third-order valence-electron chi connectivity index (χ3n) is 5.28.